The fraction of sp³-hybridized carbons (Fsp3) is 0.353. The Hall–Kier alpha value is -1.37. The first-order chi connectivity index (χ1) is 11.2. The summed E-state index contributed by atoms with van der Waals surface area (Å²) in [5, 5.41) is 4.92. The monoisotopic (exact) mass is 393 g/mol. The number of piperazine rings is 1. The Labute approximate surface area is 149 Å². The summed E-state index contributed by atoms with van der Waals surface area (Å²) >= 11 is 4.92. The fourth-order valence-electron chi connectivity index (χ4n) is 2.78. The summed E-state index contributed by atoms with van der Waals surface area (Å²) < 4.78 is 0.964. The molecule has 1 aliphatic heterocycles. The van der Waals surface area contributed by atoms with Gasteiger partial charge in [-0.15, -0.1) is 11.3 Å². The van der Waals surface area contributed by atoms with Gasteiger partial charge in [0.15, 0.2) is 0 Å². The number of anilines is 2. The van der Waals surface area contributed by atoms with Crippen LogP contribution in [0.15, 0.2) is 39.5 Å². The number of hydrogen-bond acceptors (Lipinski definition) is 4. The van der Waals surface area contributed by atoms with E-state index in [1.54, 1.807) is 0 Å². The molecular weight excluding hydrogens is 374 g/mol. The third-order valence-electron chi connectivity index (χ3n) is 4.14. The molecule has 1 aromatic heterocycles. The van der Waals surface area contributed by atoms with Crippen molar-refractivity contribution in [1.29, 1.82) is 0 Å². The predicted octanol–water partition coefficient (Wildman–Crippen LogP) is 3.90. The van der Waals surface area contributed by atoms with E-state index in [1.807, 2.05) is 29.6 Å². The largest absolute Gasteiger partial charge is 0.367 e. The maximum atomic E-state index is 12.4. The maximum Gasteiger partial charge on any atom is 0.256 e. The van der Waals surface area contributed by atoms with Crippen LogP contribution < -0.4 is 10.2 Å². The van der Waals surface area contributed by atoms with Gasteiger partial charge in [-0.25, -0.2) is 0 Å². The quantitative estimate of drug-likeness (QED) is 0.854. The Morgan fingerprint density at radius 1 is 1.26 bits per heavy atom. The van der Waals surface area contributed by atoms with E-state index in [1.165, 1.54) is 11.3 Å². The Morgan fingerprint density at radius 3 is 2.65 bits per heavy atom. The lowest BCUT2D eigenvalue weighted by Gasteiger charge is -2.36. The molecule has 3 rings (SSSR count). The summed E-state index contributed by atoms with van der Waals surface area (Å²) in [4.78, 5) is 17.2. The van der Waals surface area contributed by atoms with E-state index in [9.17, 15) is 4.79 Å². The van der Waals surface area contributed by atoms with E-state index < -0.39 is 0 Å². The molecule has 0 spiro atoms. The molecule has 2 heterocycles. The van der Waals surface area contributed by atoms with Gasteiger partial charge >= 0.3 is 0 Å². The second-order valence-electron chi connectivity index (χ2n) is 5.53. The molecule has 0 unspecified atom stereocenters. The molecule has 0 aliphatic carbocycles. The average Bonchev–Trinajstić information content (AvgIpc) is 3.02. The molecule has 1 N–H and O–H groups in total. The lowest BCUT2D eigenvalue weighted by molar-refractivity contribution is 0.102. The van der Waals surface area contributed by atoms with Gasteiger partial charge in [0.05, 0.1) is 20.7 Å². The Bertz CT molecular complexity index is 680. The third kappa shape index (κ3) is 3.94. The first kappa shape index (κ1) is 16.5. The molecule has 1 aliphatic rings. The van der Waals surface area contributed by atoms with E-state index in [0.29, 0.717) is 5.56 Å². The molecule has 0 bridgehead atoms. The second-order valence-corrected chi connectivity index (χ2v) is 7.82. The van der Waals surface area contributed by atoms with Crippen LogP contribution >= 0.6 is 27.3 Å². The molecule has 4 nitrogen and oxygen atoms in total. The van der Waals surface area contributed by atoms with Crippen molar-refractivity contribution in [3.63, 3.8) is 0 Å². The number of nitrogens with zero attached hydrogens (tertiary/aromatic N) is 2. The first-order valence-electron chi connectivity index (χ1n) is 7.79. The van der Waals surface area contributed by atoms with Gasteiger partial charge in [0.25, 0.3) is 5.91 Å². The van der Waals surface area contributed by atoms with Crippen molar-refractivity contribution in [3.05, 3.63) is 45.1 Å². The zero-order chi connectivity index (χ0) is 16.2. The molecule has 2 aromatic rings. The Balaban J connectivity index is 1.74. The number of likely N-dealkylation sites (N-methyl/N-ethyl adjacent to an activating group) is 1. The number of para-hydroxylation sites is 2. The number of benzene rings is 1. The molecule has 0 radical (unpaired) electrons. The Morgan fingerprint density at radius 2 is 2.00 bits per heavy atom. The smallest absolute Gasteiger partial charge is 0.256 e. The standard InChI is InChI=1S/C17H20BrN3OS/c1-2-20-7-9-21(10-8-20)15-6-4-3-5-14(15)19-17(22)13-11-16(18)23-12-13/h3-6,11-12H,2,7-10H2,1H3,(H,19,22). The number of thiophene rings is 1. The summed E-state index contributed by atoms with van der Waals surface area (Å²) in [5.41, 5.74) is 2.67. The molecule has 122 valence electrons. The number of carbonyl (C=O) groups is 1. The molecule has 6 heteroatoms. The van der Waals surface area contributed by atoms with Gasteiger partial charge in [0.2, 0.25) is 0 Å². The van der Waals surface area contributed by atoms with E-state index in [-0.39, 0.29) is 5.91 Å². The van der Waals surface area contributed by atoms with Gasteiger partial charge < -0.3 is 15.1 Å². The minimum Gasteiger partial charge on any atom is -0.367 e. The molecule has 1 fully saturated rings. The molecule has 23 heavy (non-hydrogen) atoms. The fourth-order valence-corrected chi connectivity index (χ4v) is 3.92. The van der Waals surface area contributed by atoms with Crippen molar-refractivity contribution in [1.82, 2.24) is 4.90 Å². The summed E-state index contributed by atoms with van der Waals surface area (Å²) in [6.07, 6.45) is 0. The zero-order valence-electron chi connectivity index (χ0n) is 13.1. The zero-order valence-corrected chi connectivity index (χ0v) is 15.5. The van der Waals surface area contributed by atoms with Crippen molar-refractivity contribution in [2.24, 2.45) is 0 Å². The highest BCUT2D eigenvalue weighted by Crippen LogP contribution is 2.28. The Kier molecular flexibility index (Phi) is 5.35. The molecule has 1 saturated heterocycles. The average molecular weight is 394 g/mol. The van der Waals surface area contributed by atoms with Gasteiger partial charge in [0, 0.05) is 31.6 Å². The van der Waals surface area contributed by atoms with Gasteiger partial charge in [-0.2, -0.15) is 0 Å². The van der Waals surface area contributed by atoms with Gasteiger partial charge in [-0.1, -0.05) is 19.1 Å². The van der Waals surface area contributed by atoms with E-state index in [2.05, 4.69) is 44.0 Å². The first-order valence-corrected chi connectivity index (χ1v) is 9.46. The molecule has 1 amide bonds. The van der Waals surface area contributed by atoms with Crippen molar-refractivity contribution in [3.8, 4) is 0 Å². The minimum absolute atomic E-state index is 0.0633. The second kappa shape index (κ2) is 7.47. The van der Waals surface area contributed by atoms with Crippen molar-refractivity contribution in [2.75, 3.05) is 42.9 Å². The number of carbonyl (C=O) groups excluding carboxylic acids is 1. The molecule has 0 saturated carbocycles. The number of amides is 1. The lowest BCUT2D eigenvalue weighted by Crippen LogP contribution is -2.46. The van der Waals surface area contributed by atoms with Crippen LogP contribution in [-0.4, -0.2) is 43.5 Å². The molecular formula is C17H20BrN3OS. The number of nitrogens with one attached hydrogen (secondary N) is 1. The van der Waals surface area contributed by atoms with Gasteiger partial charge in [-0.3, -0.25) is 4.79 Å². The van der Waals surface area contributed by atoms with Crippen molar-refractivity contribution in [2.45, 2.75) is 6.92 Å². The predicted molar refractivity (Wildman–Crippen MR) is 101 cm³/mol. The SMILES string of the molecule is CCN1CCN(c2ccccc2NC(=O)c2csc(Br)c2)CC1. The summed E-state index contributed by atoms with van der Waals surface area (Å²) in [6, 6.07) is 9.90. The molecule has 0 atom stereocenters. The summed E-state index contributed by atoms with van der Waals surface area (Å²) in [7, 11) is 0. The van der Waals surface area contributed by atoms with Crippen LogP contribution in [0.5, 0.6) is 0 Å². The van der Waals surface area contributed by atoms with Crippen LogP contribution in [0.2, 0.25) is 0 Å². The van der Waals surface area contributed by atoms with Gasteiger partial charge in [0.1, 0.15) is 0 Å². The minimum atomic E-state index is -0.0633. The van der Waals surface area contributed by atoms with Crippen LogP contribution in [0.1, 0.15) is 17.3 Å². The number of hydrogen-bond donors (Lipinski definition) is 1. The number of halogens is 1. The highest BCUT2D eigenvalue weighted by Gasteiger charge is 2.19. The van der Waals surface area contributed by atoms with Gasteiger partial charge in [-0.05, 0) is 40.7 Å². The van der Waals surface area contributed by atoms with Crippen LogP contribution in [0.25, 0.3) is 0 Å². The van der Waals surface area contributed by atoms with E-state index in [4.69, 9.17) is 0 Å². The normalized spacial score (nSPS) is 15.7. The lowest BCUT2D eigenvalue weighted by atomic mass is 10.2. The van der Waals surface area contributed by atoms with E-state index in [0.717, 1.165) is 47.9 Å². The van der Waals surface area contributed by atoms with Crippen molar-refractivity contribution < 1.29 is 4.79 Å². The van der Waals surface area contributed by atoms with E-state index >= 15 is 0 Å². The van der Waals surface area contributed by atoms with Crippen LogP contribution in [0, 0.1) is 0 Å². The highest BCUT2D eigenvalue weighted by molar-refractivity contribution is 9.11. The van der Waals surface area contributed by atoms with Crippen molar-refractivity contribution >= 4 is 44.5 Å². The van der Waals surface area contributed by atoms with Crippen LogP contribution in [-0.2, 0) is 0 Å². The third-order valence-corrected chi connectivity index (χ3v) is 5.65. The van der Waals surface area contributed by atoms with Crippen LogP contribution in [0.3, 0.4) is 0 Å². The molecule has 1 aromatic carbocycles. The maximum absolute atomic E-state index is 12.4. The van der Waals surface area contributed by atoms with Crippen LogP contribution in [0.4, 0.5) is 11.4 Å². The topological polar surface area (TPSA) is 35.6 Å². The highest BCUT2D eigenvalue weighted by atomic mass is 79.9. The summed E-state index contributed by atoms with van der Waals surface area (Å²) in [5.74, 6) is -0.0633. The summed E-state index contributed by atoms with van der Waals surface area (Å²) in [6.45, 7) is 7.41. The number of rotatable bonds is 4.